The van der Waals surface area contributed by atoms with Crippen LogP contribution in [0.4, 0.5) is 0 Å². The Bertz CT molecular complexity index is 539. The molecule has 0 aliphatic heterocycles. The van der Waals surface area contributed by atoms with Gasteiger partial charge in [-0.25, -0.2) is 0 Å². The molecule has 1 heterocycles. The van der Waals surface area contributed by atoms with Gasteiger partial charge in [-0.2, -0.15) is 0 Å². The van der Waals surface area contributed by atoms with Crippen molar-refractivity contribution in [2.24, 2.45) is 0 Å². The van der Waals surface area contributed by atoms with Gasteiger partial charge in [0.25, 0.3) is 5.91 Å². The zero-order valence-electron chi connectivity index (χ0n) is 11.9. The summed E-state index contributed by atoms with van der Waals surface area (Å²) in [6, 6.07) is 12.6. The number of rotatable bonds is 7. The molecule has 2 aromatic rings. The molecule has 0 saturated heterocycles. The Morgan fingerprint density at radius 1 is 1.29 bits per heavy atom. The van der Waals surface area contributed by atoms with E-state index in [1.807, 2.05) is 18.2 Å². The van der Waals surface area contributed by atoms with Crippen molar-refractivity contribution in [2.45, 2.75) is 25.6 Å². The van der Waals surface area contributed by atoms with E-state index in [9.17, 15) is 9.90 Å². The lowest BCUT2D eigenvalue weighted by atomic mass is 10.2. The Kier molecular flexibility index (Phi) is 5.40. The van der Waals surface area contributed by atoms with Crippen molar-refractivity contribution in [3.63, 3.8) is 0 Å². The third-order valence-corrected chi connectivity index (χ3v) is 3.01. The van der Waals surface area contributed by atoms with Crippen LogP contribution >= 0.6 is 0 Å². The number of amides is 1. The number of benzene rings is 1. The normalized spacial score (nSPS) is 13.4. The molecule has 0 bridgehead atoms. The highest BCUT2D eigenvalue weighted by molar-refractivity contribution is 5.80. The average molecular weight is 289 g/mol. The quantitative estimate of drug-likeness (QED) is 0.820. The molecule has 2 rings (SSSR count). The number of hydrogen-bond donors (Lipinski definition) is 2. The monoisotopic (exact) mass is 289 g/mol. The van der Waals surface area contributed by atoms with E-state index in [-0.39, 0.29) is 5.91 Å². The van der Waals surface area contributed by atoms with Gasteiger partial charge in [0.2, 0.25) is 0 Å². The van der Waals surface area contributed by atoms with Crippen molar-refractivity contribution in [3.05, 3.63) is 54.5 Å². The van der Waals surface area contributed by atoms with Crippen LogP contribution in [-0.4, -0.2) is 23.7 Å². The molecule has 112 valence electrons. The van der Waals surface area contributed by atoms with E-state index in [2.05, 4.69) is 5.32 Å². The number of carbonyl (C=O) groups excluding carboxylic acids is 1. The van der Waals surface area contributed by atoms with Crippen LogP contribution in [0, 0.1) is 0 Å². The number of hydrogen-bond acceptors (Lipinski definition) is 4. The second-order valence-corrected chi connectivity index (χ2v) is 4.68. The van der Waals surface area contributed by atoms with Gasteiger partial charge < -0.3 is 19.6 Å². The fourth-order valence-corrected chi connectivity index (χ4v) is 1.86. The third kappa shape index (κ3) is 4.65. The number of para-hydroxylation sites is 1. The van der Waals surface area contributed by atoms with Crippen LogP contribution in [-0.2, 0) is 4.79 Å². The number of aliphatic hydroxyl groups is 1. The first-order valence-electron chi connectivity index (χ1n) is 6.87. The van der Waals surface area contributed by atoms with E-state index < -0.39 is 12.2 Å². The summed E-state index contributed by atoms with van der Waals surface area (Å²) in [5.74, 6) is 0.930. The van der Waals surface area contributed by atoms with Crippen molar-refractivity contribution >= 4 is 5.91 Å². The van der Waals surface area contributed by atoms with Crippen molar-refractivity contribution in [3.8, 4) is 5.75 Å². The zero-order chi connectivity index (χ0) is 15.1. The lowest BCUT2D eigenvalue weighted by molar-refractivity contribution is -0.127. The standard InChI is InChI=1S/C16H19NO4/c1-12(21-13-6-3-2-4-7-13)16(19)17-10-9-14(18)15-8-5-11-20-15/h2-8,11-12,14,18H,9-10H2,1H3,(H,17,19)/t12-,14-/m1/s1. The highest BCUT2D eigenvalue weighted by atomic mass is 16.5. The molecule has 2 N–H and O–H groups in total. The summed E-state index contributed by atoms with van der Waals surface area (Å²) in [6.07, 6.45) is 0.586. The number of carbonyl (C=O) groups is 1. The third-order valence-electron chi connectivity index (χ3n) is 3.01. The Hall–Kier alpha value is -2.27. The molecule has 5 heteroatoms. The Morgan fingerprint density at radius 3 is 2.71 bits per heavy atom. The van der Waals surface area contributed by atoms with Crippen LogP contribution < -0.4 is 10.1 Å². The van der Waals surface area contributed by atoms with Crippen LogP contribution in [0.15, 0.2) is 53.1 Å². The second kappa shape index (κ2) is 7.50. The number of ether oxygens (including phenoxy) is 1. The van der Waals surface area contributed by atoms with Gasteiger partial charge in [-0.1, -0.05) is 18.2 Å². The lowest BCUT2D eigenvalue weighted by Gasteiger charge is -2.15. The Balaban J connectivity index is 1.71. The molecular formula is C16H19NO4. The van der Waals surface area contributed by atoms with E-state index in [4.69, 9.17) is 9.15 Å². The minimum absolute atomic E-state index is 0.217. The summed E-state index contributed by atoms with van der Waals surface area (Å²) >= 11 is 0. The first-order chi connectivity index (χ1) is 10.2. The predicted molar refractivity (Wildman–Crippen MR) is 77.8 cm³/mol. The van der Waals surface area contributed by atoms with Gasteiger partial charge in [-0.05, 0) is 37.6 Å². The zero-order valence-corrected chi connectivity index (χ0v) is 11.9. The van der Waals surface area contributed by atoms with E-state index in [1.165, 1.54) is 6.26 Å². The van der Waals surface area contributed by atoms with Gasteiger partial charge in [0.15, 0.2) is 6.10 Å². The molecule has 0 spiro atoms. The van der Waals surface area contributed by atoms with E-state index in [0.717, 1.165) is 0 Å². The maximum absolute atomic E-state index is 11.9. The molecule has 1 aromatic heterocycles. The molecule has 0 aliphatic rings. The average Bonchev–Trinajstić information content (AvgIpc) is 3.02. The Morgan fingerprint density at radius 2 is 2.05 bits per heavy atom. The molecule has 0 aliphatic carbocycles. The van der Waals surface area contributed by atoms with Crippen LogP contribution in [0.2, 0.25) is 0 Å². The van der Waals surface area contributed by atoms with E-state index >= 15 is 0 Å². The molecule has 5 nitrogen and oxygen atoms in total. The van der Waals surface area contributed by atoms with Gasteiger partial charge in [0, 0.05) is 6.54 Å². The highest BCUT2D eigenvalue weighted by Crippen LogP contribution is 2.16. The Labute approximate surface area is 123 Å². The first-order valence-corrected chi connectivity index (χ1v) is 6.87. The summed E-state index contributed by atoms with van der Waals surface area (Å²) in [6.45, 7) is 2.04. The fraction of sp³-hybridized carbons (Fsp3) is 0.312. The largest absolute Gasteiger partial charge is 0.481 e. The minimum Gasteiger partial charge on any atom is -0.481 e. The van der Waals surface area contributed by atoms with Gasteiger partial charge in [0.05, 0.1) is 6.26 Å². The van der Waals surface area contributed by atoms with Crippen molar-refractivity contribution in [1.82, 2.24) is 5.32 Å². The molecule has 0 unspecified atom stereocenters. The topological polar surface area (TPSA) is 71.7 Å². The van der Waals surface area contributed by atoms with Gasteiger partial charge in [-0.15, -0.1) is 0 Å². The van der Waals surface area contributed by atoms with Crippen molar-refractivity contribution in [2.75, 3.05) is 6.54 Å². The predicted octanol–water partition coefficient (Wildman–Crippen LogP) is 2.29. The van der Waals surface area contributed by atoms with Crippen LogP contribution in [0.25, 0.3) is 0 Å². The molecule has 2 atom stereocenters. The minimum atomic E-state index is -0.717. The molecule has 1 amide bonds. The van der Waals surface area contributed by atoms with Crippen LogP contribution in [0.5, 0.6) is 5.75 Å². The number of furan rings is 1. The van der Waals surface area contributed by atoms with Gasteiger partial charge in [0.1, 0.15) is 17.6 Å². The van der Waals surface area contributed by atoms with E-state index in [0.29, 0.717) is 24.5 Å². The van der Waals surface area contributed by atoms with Gasteiger partial charge in [-0.3, -0.25) is 4.79 Å². The molecule has 21 heavy (non-hydrogen) atoms. The summed E-state index contributed by atoms with van der Waals surface area (Å²) in [7, 11) is 0. The molecule has 1 aromatic carbocycles. The second-order valence-electron chi connectivity index (χ2n) is 4.68. The summed E-state index contributed by atoms with van der Waals surface area (Å²) in [5, 5.41) is 12.5. The van der Waals surface area contributed by atoms with Crippen molar-refractivity contribution < 1.29 is 19.1 Å². The maximum Gasteiger partial charge on any atom is 0.260 e. The smallest absolute Gasteiger partial charge is 0.260 e. The number of nitrogens with one attached hydrogen (secondary N) is 1. The van der Waals surface area contributed by atoms with E-state index in [1.54, 1.807) is 31.2 Å². The molecule has 0 radical (unpaired) electrons. The van der Waals surface area contributed by atoms with Gasteiger partial charge >= 0.3 is 0 Å². The highest BCUT2D eigenvalue weighted by Gasteiger charge is 2.15. The molecular weight excluding hydrogens is 270 g/mol. The van der Waals surface area contributed by atoms with Crippen LogP contribution in [0.3, 0.4) is 0 Å². The molecule has 0 saturated carbocycles. The first kappa shape index (κ1) is 15.1. The summed E-state index contributed by atoms with van der Waals surface area (Å²) < 4.78 is 10.6. The molecule has 0 fully saturated rings. The fourth-order valence-electron chi connectivity index (χ4n) is 1.86. The number of aliphatic hydroxyl groups excluding tert-OH is 1. The SMILES string of the molecule is C[C@@H](Oc1ccccc1)C(=O)NCC[C@@H](O)c1ccco1. The summed E-state index contributed by atoms with van der Waals surface area (Å²) in [5.41, 5.74) is 0. The maximum atomic E-state index is 11.9. The lowest BCUT2D eigenvalue weighted by Crippen LogP contribution is -2.37. The van der Waals surface area contributed by atoms with Crippen LogP contribution in [0.1, 0.15) is 25.2 Å². The summed E-state index contributed by atoms with van der Waals surface area (Å²) in [4.78, 5) is 11.9. The van der Waals surface area contributed by atoms with Crippen molar-refractivity contribution in [1.29, 1.82) is 0 Å².